The van der Waals surface area contributed by atoms with E-state index in [4.69, 9.17) is 5.73 Å². The Morgan fingerprint density at radius 3 is 2.47 bits per heavy atom. The molecule has 1 aromatic rings. The van der Waals surface area contributed by atoms with E-state index in [0.717, 1.165) is 5.69 Å². The molecule has 104 valence electrons. The molecular weight excluding hydrogens is 236 g/mol. The Hall–Kier alpha value is -1.51. The van der Waals surface area contributed by atoms with Crippen LogP contribution in [-0.2, 0) is 4.79 Å². The van der Waals surface area contributed by atoms with Gasteiger partial charge in [0.05, 0.1) is 0 Å². The SMILES string of the molecule is CC(CC(=O)NC(C)C1CCC1)c1ccc(N)cc1. The van der Waals surface area contributed by atoms with Crippen LogP contribution in [0.5, 0.6) is 0 Å². The van der Waals surface area contributed by atoms with Gasteiger partial charge in [-0.25, -0.2) is 0 Å². The average molecular weight is 260 g/mol. The molecule has 0 saturated heterocycles. The number of hydrogen-bond donors (Lipinski definition) is 2. The van der Waals surface area contributed by atoms with Gasteiger partial charge in [0, 0.05) is 18.2 Å². The lowest BCUT2D eigenvalue weighted by Crippen LogP contribution is -2.41. The van der Waals surface area contributed by atoms with Crippen LogP contribution in [0.3, 0.4) is 0 Å². The number of carbonyl (C=O) groups is 1. The van der Waals surface area contributed by atoms with Crippen LogP contribution < -0.4 is 11.1 Å². The van der Waals surface area contributed by atoms with Gasteiger partial charge in [0.1, 0.15) is 0 Å². The highest BCUT2D eigenvalue weighted by Crippen LogP contribution is 2.29. The Morgan fingerprint density at radius 2 is 1.95 bits per heavy atom. The summed E-state index contributed by atoms with van der Waals surface area (Å²) < 4.78 is 0. The number of nitrogen functional groups attached to an aromatic ring is 1. The highest BCUT2D eigenvalue weighted by atomic mass is 16.1. The fraction of sp³-hybridized carbons (Fsp3) is 0.562. The van der Waals surface area contributed by atoms with Crippen molar-refractivity contribution in [3.8, 4) is 0 Å². The van der Waals surface area contributed by atoms with E-state index < -0.39 is 0 Å². The minimum Gasteiger partial charge on any atom is -0.399 e. The summed E-state index contributed by atoms with van der Waals surface area (Å²) in [6.07, 6.45) is 4.37. The first-order chi connectivity index (χ1) is 9.06. The minimum atomic E-state index is 0.156. The highest BCUT2D eigenvalue weighted by Gasteiger charge is 2.25. The smallest absolute Gasteiger partial charge is 0.220 e. The quantitative estimate of drug-likeness (QED) is 0.799. The molecule has 3 nitrogen and oxygen atoms in total. The van der Waals surface area contributed by atoms with E-state index in [2.05, 4.69) is 19.2 Å². The maximum absolute atomic E-state index is 12.0. The van der Waals surface area contributed by atoms with E-state index in [0.29, 0.717) is 18.4 Å². The van der Waals surface area contributed by atoms with Gasteiger partial charge in [-0.3, -0.25) is 4.79 Å². The number of rotatable bonds is 5. The third-order valence-corrected chi connectivity index (χ3v) is 4.24. The lowest BCUT2D eigenvalue weighted by atomic mass is 9.80. The second kappa shape index (κ2) is 6.09. The zero-order valence-electron chi connectivity index (χ0n) is 11.9. The summed E-state index contributed by atoms with van der Waals surface area (Å²) in [6, 6.07) is 8.10. The lowest BCUT2D eigenvalue weighted by Gasteiger charge is -2.32. The molecule has 0 bridgehead atoms. The molecule has 2 unspecified atom stereocenters. The molecular formula is C16H24N2O. The molecule has 1 aromatic carbocycles. The van der Waals surface area contributed by atoms with Crippen LogP contribution in [-0.4, -0.2) is 11.9 Å². The summed E-state index contributed by atoms with van der Waals surface area (Å²) in [5.74, 6) is 1.08. The number of nitrogens with one attached hydrogen (secondary N) is 1. The maximum atomic E-state index is 12.0. The summed E-state index contributed by atoms with van der Waals surface area (Å²) in [5, 5.41) is 3.13. The van der Waals surface area contributed by atoms with E-state index in [1.807, 2.05) is 24.3 Å². The average Bonchev–Trinajstić information content (AvgIpc) is 2.26. The number of carbonyl (C=O) groups excluding carboxylic acids is 1. The molecule has 0 aromatic heterocycles. The Kier molecular flexibility index (Phi) is 4.46. The van der Waals surface area contributed by atoms with E-state index in [1.54, 1.807) is 0 Å². The molecule has 0 spiro atoms. The van der Waals surface area contributed by atoms with Crippen molar-refractivity contribution in [2.45, 2.75) is 51.5 Å². The number of nitrogens with two attached hydrogens (primary N) is 1. The van der Waals surface area contributed by atoms with Crippen molar-refractivity contribution >= 4 is 11.6 Å². The van der Waals surface area contributed by atoms with E-state index in [1.165, 1.54) is 24.8 Å². The number of amides is 1. The van der Waals surface area contributed by atoms with Gasteiger partial charge in [-0.2, -0.15) is 0 Å². The molecule has 19 heavy (non-hydrogen) atoms. The van der Waals surface area contributed by atoms with Gasteiger partial charge in [0.25, 0.3) is 0 Å². The van der Waals surface area contributed by atoms with Crippen LogP contribution in [0.15, 0.2) is 24.3 Å². The van der Waals surface area contributed by atoms with Crippen LogP contribution in [0.4, 0.5) is 5.69 Å². The second-order valence-corrected chi connectivity index (χ2v) is 5.82. The molecule has 0 radical (unpaired) electrons. The Morgan fingerprint density at radius 1 is 1.32 bits per heavy atom. The third kappa shape index (κ3) is 3.72. The molecule has 1 fully saturated rings. The lowest BCUT2D eigenvalue weighted by molar-refractivity contribution is -0.122. The summed E-state index contributed by atoms with van der Waals surface area (Å²) >= 11 is 0. The van der Waals surface area contributed by atoms with Gasteiger partial charge in [-0.15, -0.1) is 0 Å². The predicted molar refractivity (Wildman–Crippen MR) is 78.8 cm³/mol. The first kappa shape index (κ1) is 13.9. The molecule has 2 rings (SSSR count). The van der Waals surface area contributed by atoms with Crippen molar-refractivity contribution in [3.05, 3.63) is 29.8 Å². The second-order valence-electron chi connectivity index (χ2n) is 5.82. The van der Waals surface area contributed by atoms with Crippen LogP contribution >= 0.6 is 0 Å². The summed E-state index contributed by atoms with van der Waals surface area (Å²) in [6.45, 7) is 4.20. The monoisotopic (exact) mass is 260 g/mol. The Labute approximate surface area is 115 Å². The van der Waals surface area contributed by atoms with E-state index in [9.17, 15) is 4.79 Å². The fourth-order valence-electron chi connectivity index (χ4n) is 2.59. The minimum absolute atomic E-state index is 0.156. The van der Waals surface area contributed by atoms with Gasteiger partial charge in [-0.1, -0.05) is 25.5 Å². The maximum Gasteiger partial charge on any atom is 0.220 e. The van der Waals surface area contributed by atoms with Gasteiger partial charge in [0.2, 0.25) is 5.91 Å². The molecule has 0 heterocycles. The van der Waals surface area contributed by atoms with Crippen LogP contribution in [0.25, 0.3) is 0 Å². The number of hydrogen-bond acceptors (Lipinski definition) is 2. The van der Waals surface area contributed by atoms with Crippen molar-refractivity contribution in [2.75, 3.05) is 5.73 Å². The van der Waals surface area contributed by atoms with Crippen molar-refractivity contribution < 1.29 is 4.79 Å². The van der Waals surface area contributed by atoms with Gasteiger partial charge < -0.3 is 11.1 Å². The third-order valence-electron chi connectivity index (χ3n) is 4.24. The van der Waals surface area contributed by atoms with Crippen LogP contribution in [0, 0.1) is 5.92 Å². The summed E-state index contributed by atoms with van der Waals surface area (Å²) in [5.41, 5.74) is 7.60. The van der Waals surface area contributed by atoms with Gasteiger partial charge in [0.15, 0.2) is 0 Å². The zero-order chi connectivity index (χ0) is 13.8. The van der Waals surface area contributed by atoms with Crippen molar-refractivity contribution in [1.29, 1.82) is 0 Å². The van der Waals surface area contributed by atoms with Crippen molar-refractivity contribution in [3.63, 3.8) is 0 Å². The Bertz CT molecular complexity index is 423. The van der Waals surface area contributed by atoms with Crippen LogP contribution in [0.2, 0.25) is 0 Å². The number of anilines is 1. The van der Waals surface area contributed by atoms with Crippen LogP contribution in [0.1, 0.15) is 51.0 Å². The summed E-state index contributed by atoms with van der Waals surface area (Å²) in [4.78, 5) is 12.0. The molecule has 3 heteroatoms. The number of benzene rings is 1. The Balaban J connectivity index is 1.82. The van der Waals surface area contributed by atoms with Gasteiger partial charge >= 0.3 is 0 Å². The largest absolute Gasteiger partial charge is 0.399 e. The van der Waals surface area contributed by atoms with E-state index >= 15 is 0 Å². The highest BCUT2D eigenvalue weighted by molar-refractivity contribution is 5.77. The first-order valence-electron chi connectivity index (χ1n) is 7.21. The van der Waals surface area contributed by atoms with Crippen molar-refractivity contribution in [1.82, 2.24) is 5.32 Å². The topological polar surface area (TPSA) is 55.1 Å². The molecule has 1 amide bonds. The molecule has 1 saturated carbocycles. The fourth-order valence-corrected chi connectivity index (χ4v) is 2.59. The molecule has 1 aliphatic rings. The van der Waals surface area contributed by atoms with Gasteiger partial charge in [-0.05, 0) is 49.3 Å². The van der Waals surface area contributed by atoms with Crippen molar-refractivity contribution in [2.24, 2.45) is 5.92 Å². The molecule has 3 N–H and O–H groups in total. The summed E-state index contributed by atoms with van der Waals surface area (Å²) in [7, 11) is 0. The molecule has 0 aliphatic heterocycles. The molecule has 2 atom stereocenters. The predicted octanol–water partition coefficient (Wildman–Crippen LogP) is 3.07. The normalized spacial score (nSPS) is 18.4. The van der Waals surface area contributed by atoms with E-state index in [-0.39, 0.29) is 11.8 Å². The first-order valence-corrected chi connectivity index (χ1v) is 7.21. The molecule has 1 aliphatic carbocycles. The standard InChI is InChI=1S/C16H24N2O/c1-11(13-6-8-15(17)9-7-13)10-16(19)18-12(2)14-4-3-5-14/h6-9,11-12,14H,3-5,10,17H2,1-2H3,(H,18,19). The zero-order valence-corrected chi connectivity index (χ0v) is 11.9.